The summed E-state index contributed by atoms with van der Waals surface area (Å²) in [5, 5.41) is 0.482. The van der Waals surface area contributed by atoms with E-state index in [4.69, 9.17) is 4.74 Å². The maximum Gasteiger partial charge on any atom is 0.333 e. The van der Waals surface area contributed by atoms with Gasteiger partial charge in [-0.25, -0.2) is 9.36 Å². The number of fused-ring (bicyclic) bond motifs is 1. The van der Waals surface area contributed by atoms with Crippen LogP contribution in [0.25, 0.3) is 16.6 Å². The van der Waals surface area contributed by atoms with Crippen LogP contribution >= 0.6 is 0 Å². The van der Waals surface area contributed by atoms with Crippen LogP contribution < -0.4 is 16.0 Å². The van der Waals surface area contributed by atoms with Gasteiger partial charge in [0.1, 0.15) is 5.75 Å². The summed E-state index contributed by atoms with van der Waals surface area (Å²) in [5.41, 5.74) is 1.25. The van der Waals surface area contributed by atoms with Gasteiger partial charge < -0.3 is 9.72 Å². The number of aromatic amines is 1. The van der Waals surface area contributed by atoms with Crippen molar-refractivity contribution in [1.29, 1.82) is 0 Å². The Morgan fingerprint density at radius 1 is 1.05 bits per heavy atom. The van der Waals surface area contributed by atoms with Crippen molar-refractivity contribution in [2.75, 3.05) is 7.11 Å². The molecule has 1 N–H and O–H groups in total. The van der Waals surface area contributed by atoms with Crippen molar-refractivity contribution in [2.24, 2.45) is 0 Å². The number of ether oxygens (including phenoxy) is 1. The smallest absolute Gasteiger partial charge is 0.333 e. The third-order valence-electron chi connectivity index (χ3n) is 3.38. The van der Waals surface area contributed by atoms with Gasteiger partial charge in [-0.3, -0.25) is 4.79 Å². The lowest BCUT2D eigenvalue weighted by molar-refractivity contribution is 0.414. The number of aryl methyl sites for hydroxylation is 1. The summed E-state index contributed by atoms with van der Waals surface area (Å²) in [6.07, 6.45) is 0. The van der Waals surface area contributed by atoms with Gasteiger partial charge >= 0.3 is 5.69 Å². The molecule has 0 spiro atoms. The van der Waals surface area contributed by atoms with Gasteiger partial charge in [-0.05, 0) is 48.9 Å². The van der Waals surface area contributed by atoms with Gasteiger partial charge in [-0.2, -0.15) is 0 Å². The first-order valence-electron chi connectivity index (χ1n) is 6.50. The fraction of sp³-hybridized carbons (Fsp3) is 0.125. The van der Waals surface area contributed by atoms with Crippen molar-refractivity contribution in [3.63, 3.8) is 0 Å². The van der Waals surface area contributed by atoms with Crippen LogP contribution in [0, 0.1) is 6.92 Å². The molecule has 0 saturated carbocycles. The summed E-state index contributed by atoms with van der Waals surface area (Å²) < 4.78 is 6.20. The normalized spacial score (nSPS) is 10.8. The minimum Gasteiger partial charge on any atom is -0.497 e. The van der Waals surface area contributed by atoms with Crippen LogP contribution in [0.15, 0.2) is 52.1 Å². The SMILES string of the molecule is COc1ccc(-n2c(=O)[nH]c3cc(C)ccc3c2=O)cc1. The standard InChI is InChI=1S/C16H14N2O3/c1-10-3-8-13-14(9-10)17-16(20)18(15(13)19)11-4-6-12(21-2)7-5-11/h3-9H,1-2H3,(H,17,20). The highest BCUT2D eigenvalue weighted by Gasteiger charge is 2.09. The second-order valence-corrected chi connectivity index (χ2v) is 4.82. The first-order valence-corrected chi connectivity index (χ1v) is 6.50. The summed E-state index contributed by atoms with van der Waals surface area (Å²) in [6.45, 7) is 1.91. The number of benzene rings is 2. The van der Waals surface area contributed by atoms with E-state index in [1.807, 2.05) is 13.0 Å². The Morgan fingerprint density at radius 2 is 1.76 bits per heavy atom. The molecule has 0 amide bonds. The van der Waals surface area contributed by atoms with Crippen molar-refractivity contribution in [3.8, 4) is 11.4 Å². The third kappa shape index (κ3) is 2.23. The van der Waals surface area contributed by atoms with Crippen LogP contribution in [0.5, 0.6) is 5.75 Å². The zero-order valence-corrected chi connectivity index (χ0v) is 11.7. The number of nitrogens with one attached hydrogen (secondary N) is 1. The molecule has 0 aliphatic heterocycles. The van der Waals surface area contributed by atoms with Gasteiger partial charge in [-0.15, -0.1) is 0 Å². The Hall–Kier alpha value is -2.82. The molecule has 2 aromatic carbocycles. The highest BCUT2D eigenvalue weighted by molar-refractivity contribution is 5.78. The number of nitrogens with zero attached hydrogens (tertiary/aromatic N) is 1. The Morgan fingerprint density at radius 3 is 2.43 bits per heavy atom. The average molecular weight is 282 g/mol. The van der Waals surface area contributed by atoms with E-state index in [1.54, 1.807) is 43.5 Å². The van der Waals surface area contributed by atoms with Gasteiger partial charge in [0.05, 0.1) is 23.7 Å². The molecule has 0 aliphatic carbocycles. The first-order chi connectivity index (χ1) is 10.1. The maximum atomic E-state index is 12.5. The lowest BCUT2D eigenvalue weighted by atomic mass is 10.2. The van der Waals surface area contributed by atoms with Gasteiger partial charge in [-0.1, -0.05) is 6.07 Å². The molecular formula is C16H14N2O3. The molecule has 5 nitrogen and oxygen atoms in total. The molecule has 3 rings (SSSR count). The second-order valence-electron chi connectivity index (χ2n) is 4.82. The van der Waals surface area contributed by atoms with E-state index in [0.717, 1.165) is 10.1 Å². The van der Waals surface area contributed by atoms with E-state index in [0.29, 0.717) is 22.3 Å². The molecule has 106 valence electrons. The third-order valence-corrected chi connectivity index (χ3v) is 3.38. The molecular weight excluding hydrogens is 268 g/mol. The van der Waals surface area contributed by atoms with Crippen LogP contribution in [-0.4, -0.2) is 16.7 Å². The van der Waals surface area contributed by atoms with Crippen LogP contribution in [-0.2, 0) is 0 Å². The van der Waals surface area contributed by atoms with Crippen molar-refractivity contribution in [2.45, 2.75) is 6.92 Å². The van der Waals surface area contributed by atoms with Crippen molar-refractivity contribution in [1.82, 2.24) is 9.55 Å². The van der Waals surface area contributed by atoms with Crippen LogP contribution in [0.3, 0.4) is 0 Å². The number of aromatic nitrogens is 2. The Kier molecular flexibility index (Phi) is 3.10. The number of hydrogen-bond donors (Lipinski definition) is 1. The Balaban J connectivity index is 2.29. The molecule has 0 unspecified atom stereocenters. The number of H-pyrrole nitrogens is 1. The molecule has 0 fully saturated rings. The highest BCUT2D eigenvalue weighted by Crippen LogP contribution is 2.14. The van der Waals surface area contributed by atoms with Crippen molar-refractivity contribution >= 4 is 10.9 Å². The minimum absolute atomic E-state index is 0.334. The molecule has 0 saturated heterocycles. The molecule has 1 heterocycles. The number of rotatable bonds is 2. The molecule has 0 radical (unpaired) electrons. The summed E-state index contributed by atoms with van der Waals surface area (Å²) in [6, 6.07) is 12.1. The fourth-order valence-corrected chi connectivity index (χ4v) is 2.30. The van der Waals surface area contributed by atoms with Gasteiger partial charge in [0, 0.05) is 0 Å². The zero-order chi connectivity index (χ0) is 15.0. The molecule has 1 aromatic heterocycles. The molecule has 3 aromatic rings. The predicted molar refractivity (Wildman–Crippen MR) is 81.5 cm³/mol. The maximum absolute atomic E-state index is 12.5. The van der Waals surface area contributed by atoms with E-state index >= 15 is 0 Å². The largest absolute Gasteiger partial charge is 0.497 e. The zero-order valence-electron chi connectivity index (χ0n) is 11.7. The van der Waals surface area contributed by atoms with Crippen LogP contribution in [0.1, 0.15) is 5.56 Å². The molecule has 0 atom stereocenters. The highest BCUT2D eigenvalue weighted by atomic mass is 16.5. The van der Waals surface area contributed by atoms with Crippen molar-refractivity contribution in [3.05, 3.63) is 68.9 Å². The number of methoxy groups -OCH3 is 1. The van der Waals surface area contributed by atoms with E-state index in [-0.39, 0.29) is 5.56 Å². The molecule has 0 bridgehead atoms. The second kappa shape index (κ2) is 4.94. The van der Waals surface area contributed by atoms with Crippen LogP contribution in [0.2, 0.25) is 0 Å². The van der Waals surface area contributed by atoms with Gasteiger partial charge in [0.2, 0.25) is 0 Å². The van der Waals surface area contributed by atoms with E-state index in [9.17, 15) is 9.59 Å². The molecule has 0 aliphatic rings. The summed E-state index contributed by atoms with van der Waals surface area (Å²) in [5.74, 6) is 0.666. The van der Waals surface area contributed by atoms with E-state index < -0.39 is 5.69 Å². The quantitative estimate of drug-likeness (QED) is 0.782. The monoisotopic (exact) mass is 282 g/mol. The topological polar surface area (TPSA) is 64.1 Å². The van der Waals surface area contributed by atoms with E-state index in [2.05, 4.69) is 4.98 Å². The lowest BCUT2D eigenvalue weighted by Gasteiger charge is -2.07. The Bertz CT molecular complexity index is 921. The first kappa shape index (κ1) is 13.2. The fourth-order valence-electron chi connectivity index (χ4n) is 2.30. The predicted octanol–water partition coefficient (Wildman–Crippen LogP) is 2.00. The molecule has 5 heteroatoms. The van der Waals surface area contributed by atoms with Gasteiger partial charge in [0.25, 0.3) is 5.56 Å². The van der Waals surface area contributed by atoms with E-state index in [1.165, 1.54) is 0 Å². The minimum atomic E-state index is -0.455. The molecule has 21 heavy (non-hydrogen) atoms. The van der Waals surface area contributed by atoms with Gasteiger partial charge in [0.15, 0.2) is 0 Å². The number of hydrogen-bond acceptors (Lipinski definition) is 3. The van der Waals surface area contributed by atoms with Crippen LogP contribution in [0.4, 0.5) is 0 Å². The Labute approximate surface area is 120 Å². The average Bonchev–Trinajstić information content (AvgIpc) is 2.47. The summed E-state index contributed by atoms with van der Waals surface area (Å²) in [4.78, 5) is 27.5. The summed E-state index contributed by atoms with van der Waals surface area (Å²) in [7, 11) is 1.56. The summed E-state index contributed by atoms with van der Waals surface area (Å²) >= 11 is 0. The van der Waals surface area contributed by atoms with Crippen molar-refractivity contribution < 1.29 is 4.74 Å². The lowest BCUT2D eigenvalue weighted by Crippen LogP contribution is -2.33.